The van der Waals surface area contributed by atoms with Crippen molar-refractivity contribution in [3.8, 4) is 6.07 Å². The van der Waals surface area contributed by atoms with Crippen molar-refractivity contribution in [3.05, 3.63) is 42.2 Å². The molecule has 0 spiro atoms. The SMILES string of the molecule is N#Cc1ccnnc1Sc1ccccn1. The largest absolute Gasteiger partial charge is 0.250 e. The highest BCUT2D eigenvalue weighted by atomic mass is 32.2. The van der Waals surface area contributed by atoms with Crippen molar-refractivity contribution >= 4 is 11.8 Å². The first-order chi connectivity index (χ1) is 7.40. The monoisotopic (exact) mass is 214 g/mol. The lowest BCUT2D eigenvalue weighted by Gasteiger charge is -1.99. The van der Waals surface area contributed by atoms with E-state index in [0.717, 1.165) is 5.03 Å². The maximum Gasteiger partial charge on any atom is 0.143 e. The summed E-state index contributed by atoms with van der Waals surface area (Å²) in [5.74, 6) is 0. The molecule has 15 heavy (non-hydrogen) atoms. The molecule has 0 aromatic carbocycles. The molecular formula is C10H6N4S. The minimum Gasteiger partial charge on any atom is -0.250 e. The van der Waals surface area contributed by atoms with Crippen LogP contribution in [0.1, 0.15) is 5.56 Å². The van der Waals surface area contributed by atoms with Gasteiger partial charge in [-0.1, -0.05) is 6.07 Å². The first kappa shape index (κ1) is 9.62. The van der Waals surface area contributed by atoms with Gasteiger partial charge < -0.3 is 0 Å². The summed E-state index contributed by atoms with van der Waals surface area (Å²) in [5.41, 5.74) is 0.514. The van der Waals surface area contributed by atoms with Crippen LogP contribution in [0.4, 0.5) is 0 Å². The molecule has 0 bridgehead atoms. The van der Waals surface area contributed by atoms with E-state index in [2.05, 4.69) is 21.3 Å². The number of hydrogen-bond donors (Lipinski definition) is 0. The standard InChI is InChI=1S/C10H6N4S/c11-7-8-4-6-13-14-10(8)15-9-3-1-2-5-12-9/h1-6H. The molecule has 0 atom stereocenters. The van der Waals surface area contributed by atoms with E-state index in [4.69, 9.17) is 5.26 Å². The zero-order valence-electron chi connectivity index (χ0n) is 7.66. The number of nitriles is 1. The molecule has 0 fully saturated rings. The maximum atomic E-state index is 8.84. The second kappa shape index (κ2) is 4.53. The van der Waals surface area contributed by atoms with E-state index in [-0.39, 0.29) is 0 Å². The lowest BCUT2D eigenvalue weighted by Crippen LogP contribution is -1.89. The summed E-state index contributed by atoms with van der Waals surface area (Å²) in [6, 6.07) is 9.29. The first-order valence-corrected chi connectivity index (χ1v) is 5.02. The first-order valence-electron chi connectivity index (χ1n) is 4.21. The van der Waals surface area contributed by atoms with Gasteiger partial charge in [-0.2, -0.15) is 10.4 Å². The quantitative estimate of drug-likeness (QED) is 0.764. The minimum absolute atomic E-state index is 0.514. The van der Waals surface area contributed by atoms with Crippen LogP contribution in [0, 0.1) is 11.3 Å². The van der Waals surface area contributed by atoms with Crippen molar-refractivity contribution in [3.63, 3.8) is 0 Å². The van der Waals surface area contributed by atoms with Gasteiger partial charge in [0.1, 0.15) is 16.1 Å². The molecule has 2 aromatic heterocycles. The lowest BCUT2D eigenvalue weighted by atomic mass is 10.3. The molecule has 72 valence electrons. The van der Waals surface area contributed by atoms with E-state index in [0.29, 0.717) is 10.6 Å². The van der Waals surface area contributed by atoms with E-state index in [1.165, 1.54) is 18.0 Å². The highest BCUT2D eigenvalue weighted by Crippen LogP contribution is 2.25. The highest BCUT2D eigenvalue weighted by molar-refractivity contribution is 7.99. The van der Waals surface area contributed by atoms with Gasteiger partial charge in [0.25, 0.3) is 0 Å². The van der Waals surface area contributed by atoms with Crippen LogP contribution in [0.3, 0.4) is 0 Å². The molecule has 0 amide bonds. The summed E-state index contributed by atoms with van der Waals surface area (Å²) in [6.07, 6.45) is 3.20. The van der Waals surface area contributed by atoms with Crippen LogP contribution in [-0.4, -0.2) is 15.2 Å². The fourth-order valence-electron chi connectivity index (χ4n) is 0.986. The number of hydrogen-bond acceptors (Lipinski definition) is 5. The number of rotatable bonds is 2. The van der Waals surface area contributed by atoms with Crippen molar-refractivity contribution in [1.82, 2.24) is 15.2 Å². The van der Waals surface area contributed by atoms with Gasteiger partial charge in [-0.05, 0) is 30.0 Å². The van der Waals surface area contributed by atoms with Crippen LogP contribution in [-0.2, 0) is 0 Å². The summed E-state index contributed by atoms with van der Waals surface area (Å²) in [7, 11) is 0. The van der Waals surface area contributed by atoms with Gasteiger partial charge in [-0.25, -0.2) is 4.98 Å². The lowest BCUT2D eigenvalue weighted by molar-refractivity contribution is 0.917. The Hall–Kier alpha value is -1.93. The third-order valence-corrected chi connectivity index (χ3v) is 2.59. The van der Waals surface area contributed by atoms with Crippen LogP contribution in [0.15, 0.2) is 46.7 Å². The van der Waals surface area contributed by atoms with Crippen LogP contribution >= 0.6 is 11.8 Å². The van der Waals surface area contributed by atoms with E-state index in [1.807, 2.05) is 18.2 Å². The number of aromatic nitrogens is 3. The Bertz CT molecular complexity index is 492. The molecule has 0 N–H and O–H groups in total. The summed E-state index contributed by atoms with van der Waals surface area (Å²) in [5, 5.41) is 17.9. The Kier molecular flexibility index (Phi) is 2.90. The van der Waals surface area contributed by atoms with E-state index in [9.17, 15) is 0 Å². The molecule has 5 heteroatoms. The molecular weight excluding hydrogens is 208 g/mol. The maximum absolute atomic E-state index is 8.84. The summed E-state index contributed by atoms with van der Waals surface area (Å²) >= 11 is 1.33. The molecule has 2 heterocycles. The smallest absolute Gasteiger partial charge is 0.143 e. The molecule has 0 radical (unpaired) electrons. The van der Waals surface area contributed by atoms with E-state index >= 15 is 0 Å². The van der Waals surface area contributed by atoms with Crippen LogP contribution in [0.2, 0.25) is 0 Å². The molecule has 4 nitrogen and oxygen atoms in total. The van der Waals surface area contributed by atoms with Crippen molar-refractivity contribution < 1.29 is 0 Å². The topological polar surface area (TPSA) is 62.5 Å². The Morgan fingerprint density at radius 2 is 2.13 bits per heavy atom. The molecule has 2 rings (SSSR count). The molecule has 0 saturated carbocycles. The van der Waals surface area contributed by atoms with Gasteiger partial charge in [-0.15, -0.1) is 5.10 Å². The zero-order valence-corrected chi connectivity index (χ0v) is 8.48. The molecule has 2 aromatic rings. The van der Waals surface area contributed by atoms with Crippen molar-refractivity contribution in [2.45, 2.75) is 10.1 Å². The Labute approximate surface area is 91.0 Å². The summed E-state index contributed by atoms with van der Waals surface area (Å²) < 4.78 is 0. The fourth-order valence-corrected chi connectivity index (χ4v) is 1.76. The van der Waals surface area contributed by atoms with E-state index < -0.39 is 0 Å². The Morgan fingerprint density at radius 1 is 1.20 bits per heavy atom. The second-order valence-electron chi connectivity index (χ2n) is 2.63. The van der Waals surface area contributed by atoms with Gasteiger partial charge >= 0.3 is 0 Å². The Balaban J connectivity index is 2.29. The third kappa shape index (κ3) is 2.30. The predicted octanol–water partition coefficient (Wildman–Crippen LogP) is 1.89. The average Bonchev–Trinajstić information content (AvgIpc) is 2.31. The van der Waals surface area contributed by atoms with Crippen LogP contribution < -0.4 is 0 Å². The van der Waals surface area contributed by atoms with Gasteiger partial charge in [0.2, 0.25) is 0 Å². The van der Waals surface area contributed by atoms with Gasteiger partial charge in [0, 0.05) is 6.20 Å². The highest BCUT2D eigenvalue weighted by Gasteiger charge is 2.05. The zero-order chi connectivity index (χ0) is 10.5. The molecule has 0 saturated heterocycles. The average molecular weight is 214 g/mol. The molecule has 0 aliphatic heterocycles. The molecule has 0 aliphatic rings. The molecule has 0 unspecified atom stereocenters. The minimum atomic E-state index is 0.514. The number of nitrogens with zero attached hydrogens (tertiary/aromatic N) is 4. The van der Waals surface area contributed by atoms with Gasteiger partial charge in [0.05, 0.1) is 11.8 Å². The normalized spacial score (nSPS) is 9.53. The summed E-state index contributed by atoms with van der Waals surface area (Å²) in [4.78, 5) is 4.14. The number of pyridine rings is 1. The summed E-state index contributed by atoms with van der Waals surface area (Å²) in [6.45, 7) is 0. The van der Waals surface area contributed by atoms with Crippen LogP contribution in [0.5, 0.6) is 0 Å². The van der Waals surface area contributed by atoms with Gasteiger partial charge in [0.15, 0.2) is 0 Å². The third-order valence-electron chi connectivity index (χ3n) is 1.65. The Morgan fingerprint density at radius 3 is 2.87 bits per heavy atom. The second-order valence-corrected chi connectivity index (χ2v) is 3.64. The van der Waals surface area contributed by atoms with E-state index in [1.54, 1.807) is 12.3 Å². The molecule has 0 aliphatic carbocycles. The van der Waals surface area contributed by atoms with Crippen molar-refractivity contribution in [2.24, 2.45) is 0 Å². The van der Waals surface area contributed by atoms with Crippen LogP contribution in [0.25, 0.3) is 0 Å². The predicted molar refractivity (Wildman–Crippen MR) is 55.1 cm³/mol. The van der Waals surface area contributed by atoms with Crippen molar-refractivity contribution in [2.75, 3.05) is 0 Å². The van der Waals surface area contributed by atoms with Crippen molar-refractivity contribution in [1.29, 1.82) is 5.26 Å². The fraction of sp³-hybridized carbons (Fsp3) is 0. The van der Waals surface area contributed by atoms with Gasteiger partial charge in [-0.3, -0.25) is 0 Å².